The summed E-state index contributed by atoms with van der Waals surface area (Å²) >= 11 is 1.37. The van der Waals surface area contributed by atoms with Crippen LogP contribution in [0, 0.1) is 5.41 Å². The van der Waals surface area contributed by atoms with Gasteiger partial charge in [-0.3, -0.25) is 9.20 Å². The fraction of sp³-hybridized carbons (Fsp3) is 0.385. The summed E-state index contributed by atoms with van der Waals surface area (Å²) < 4.78 is 54.1. The molecule has 1 aliphatic rings. The Morgan fingerprint density at radius 3 is 2.67 bits per heavy atom. The van der Waals surface area contributed by atoms with Gasteiger partial charge in [0.15, 0.2) is 22.3 Å². The molecule has 0 bridgehead atoms. The number of carbonyl (C=O) groups excluding carboxylic acids is 1. The number of alkyl halides is 3. The molecule has 9 nitrogen and oxygen atoms in total. The van der Waals surface area contributed by atoms with Crippen LogP contribution in [0.4, 0.5) is 13.2 Å². The minimum absolute atomic E-state index is 0.0576. The summed E-state index contributed by atoms with van der Waals surface area (Å²) in [7, 11) is 1.57. The Hall–Kier alpha value is -3.87. The fourth-order valence-corrected chi connectivity index (χ4v) is 4.98. The molecule has 5 rings (SSSR count). The van der Waals surface area contributed by atoms with Gasteiger partial charge in [0.1, 0.15) is 5.69 Å². The highest BCUT2D eigenvalue weighted by atomic mass is 32.1. The van der Waals surface area contributed by atoms with E-state index in [0.29, 0.717) is 34.5 Å². The van der Waals surface area contributed by atoms with Gasteiger partial charge in [0.25, 0.3) is 5.91 Å². The van der Waals surface area contributed by atoms with E-state index in [-0.39, 0.29) is 36.8 Å². The van der Waals surface area contributed by atoms with E-state index in [0.717, 1.165) is 10.1 Å². The van der Waals surface area contributed by atoms with Crippen molar-refractivity contribution in [1.82, 2.24) is 29.0 Å². The van der Waals surface area contributed by atoms with Crippen molar-refractivity contribution in [1.29, 1.82) is 0 Å². The molecule has 0 spiro atoms. The van der Waals surface area contributed by atoms with Crippen LogP contribution in [0.15, 0.2) is 29.8 Å². The van der Waals surface area contributed by atoms with Gasteiger partial charge in [0, 0.05) is 30.2 Å². The number of nitrogens with zero attached hydrogens (tertiary/aromatic N) is 6. The van der Waals surface area contributed by atoms with Crippen molar-refractivity contribution in [3.63, 3.8) is 0 Å². The second-order valence-electron chi connectivity index (χ2n) is 10.3. The fourth-order valence-electron chi connectivity index (χ4n) is 4.26. The number of carbonyl (C=O) groups is 1. The molecule has 3 aromatic heterocycles. The van der Waals surface area contributed by atoms with Crippen LogP contribution >= 0.6 is 11.3 Å². The first-order valence-corrected chi connectivity index (χ1v) is 13.1. The Morgan fingerprint density at radius 2 is 1.95 bits per heavy atom. The summed E-state index contributed by atoms with van der Waals surface area (Å²) in [5.74, 6) is -0.170. The number of hydrogen-bond acceptors (Lipinski definition) is 7. The van der Waals surface area contributed by atoms with E-state index in [1.54, 1.807) is 23.8 Å². The third-order valence-electron chi connectivity index (χ3n) is 6.09. The van der Waals surface area contributed by atoms with Gasteiger partial charge in [-0.25, -0.2) is 4.98 Å². The van der Waals surface area contributed by atoms with Crippen LogP contribution in [0.1, 0.15) is 54.2 Å². The predicted molar refractivity (Wildman–Crippen MR) is 140 cm³/mol. The van der Waals surface area contributed by atoms with Crippen molar-refractivity contribution in [2.75, 3.05) is 20.3 Å². The molecule has 1 aliphatic heterocycles. The van der Waals surface area contributed by atoms with Crippen molar-refractivity contribution in [3.8, 4) is 11.5 Å². The number of thiazole rings is 1. The summed E-state index contributed by atoms with van der Waals surface area (Å²) in [6.45, 7) is 6.60. The molecule has 39 heavy (non-hydrogen) atoms. The largest absolute Gasteiger partial charge is 0.493 e. The second-order valence-corrected chi connectivity index (χ2v) is 11.2. The molecular formula is C26H27F3N6O3S. The van der Waals surface area contributed by atoms with E-state index in [1.807, 2.05) is 29.7 Å². The van der Waals surface area contributed by atoms with Crippen molar-refractivity contribution in [3.05, 3.63) is 58.4 Å². The normalized spacial score (nSPS) is 14.3. The van der Waals surface area contributed by atoms with E-state index in [9.17, 15) is 18.0 Å². The van der Waals surface area contributed by atoms with Crippen LogP contribution < -0.4 is 9.47 Å². The van der Waals surface area contributed by atoms with Gasteiger partial charge in [-0.05, 0) is 23.6 Å². The first-order valence-electron chi connectivity index (χ1n) is 12.2. The smallest absolute Gasteiger partial charge is 0.451 e. The van der Waals surface area contributed by atoms with Crippen LogP contribution in [0.3, 0.4) is 0 Å². The zero-order chi connectivity index (χ0) is 27.9. The van der Waals surface area contributed by atoms with E-state index < -0.39 is 12.0 Å². The van der Waals surface area contributed by atoms with Crippen LogP contribution in [0.2, 0.25) is 0 Å². The minimum Gasteiger partial charge on any atom is -0.493 e. The van der Waals surface area contributed by atoms with Gasteiger partial charge in [-0.2, -0.15) is 13.2 Å². The molecular weight excluding hydrogens is 533 g/mol. The lowest BCUT2D eigenvalue weighted by Crippen LogP contribution is -2.40. The molecule has 4 aromatic rings. The van der Waals surface area contributed by atoms with Gasteiger partial charge in [0.2, 0.25) is 5.82 Å². The molecule has 0 aliphatic carbocycles. The highest BCUT2D eigenvalue weighted by Gasteiger charge is 2.40. The van der Waals surface area contributed by atoms with Crippen LogP contribution in [-0.2, 0) is 19.3 Å². The molecule has 206 valence electrons. The third-order valence-corrected chi connectivity index (χ3v) is 6.84. The molecule has 0 unspecified atom stereocenters. The van der Waals surface area contributed by atoms with Crippen molar-refractivity contribution in [2.24, 2.45) is 5.41 Å². The Balaban J connectivity index is 1.46. The molecule has 4 heterocycles. The summed E-state index contributed by atoms with van der Waals surface area (Å²) in [5.41, 5.74) is 1.42. The monoisotopic (exact) mass is 560 g/mol. The van der Waals surface area contributed by atoms with Gasteiger partial charge in [-0.15, -0.1) is 21.5 Å². The summed E-state index contributed by atoms with van der Waals surface area (Å²) in [6, 6.07) is 5.54. The van der Waals surface area contributed by atoms with Crippen molar-refractivity contribution >= 4 is 34.4 Å². The average molecular weight is 561 g/mol. The molecule has 1 amide bonds. The summed E-state index contributed by atoms with van der Waals surface area (Å²) in [6.07, 6.45) is 0.681. The SMILES string of the molecule is COc1cccc(/C=C/c2nc3sccn3c2C(=O)N2CCn3c(nnc3C(F)(F)F)C2)c1OCC(C)(C)C. The molecule has 1 aromatic carbocycles. The van der Waals surface area contributed by atoms with Gasteiger partial charge in [-0.1, -0.05) is 32.9 Å². The number of aromatic nitrogens is 5. The highest BCUT2D eigenvalue weighted by molar-refractivity contribution is 7.15. The van der Waals surface area contributed by atoms with Gasteiger partial charge < -0.3 is 18.9 Å². The minimum atomic E-state index is -4.61. The molecule has 0 fully saturated rings. The van der Waals surface area contributed by atoms with E-state index in [2.05, 4.69) is 36.0 Å². The lowest BCUT2D eigenvalue weighted by Gasteiger charge is -2.28. The molecule has 0 saturated heterocycles. The van der Waals surface area contributed by atoms with Crippen molar-refractivity contribution in [2.45, 2.75) is 40.0 Å². The zero-order valence-corrected chi connectivity index (χ0v) is 22.6. The number of rotatable bonds is 6. The Labute approximate surface area is 226 Å². The molecule has 13 heteroatoms. The number of methoxy groups -OCH3 is 1. The predicted octanol–water partition coefficient (Wildman–Crippen LogP) is 5.27. The molecule has 0 radical (unpaired) electrons. The van der Waals surface area contributed by atoms with Crippen LogP contribution in [-0.4, -0.2) is 55.2 Å². The van der Waals surface area contributed by atoms with Gasteiger partial charge >= 0.3 is 6.18 Å². The lowest BCUT2D eigenvalue weighted by molar-refractivity contribution is -0.147. The molecule has 0 atom stereocenters. The summed E-state index contributed by atoms with van der Waals surface area (Å²) in [4.78, 5) is 20.4. The number of para-hydroxylation sites is 1. The van der Waals surface area contributed by atoms with Gasteiger partial charge in [0.05, 0.1) is 26.0 Å². The third kappa shape index (κ3) is 5.35. The van der Waals surface area contributed by atoms with E-state index in [4.69, 9.17) is 9.47 Å². The molecule has 0 saturated carbocycles. The number of halogens is 3. The Bertz CT molecular complexity index is 1550. The number of fused-ring (bicyclic) bond motifs is 2. The molecule has 0 N–H and O–H groups in total. The van der Waals surface area contributed by atoms with Crippen LogP contribution in [0.5, 0.6) is 11.5 Å². The van der Waals surface area contributed by atoms with Crippen LogP contribution in [0.25, 0.3) is 17.1 Å². The first kappa shape index (κ1) is 26.7. The zero-order valence-electron chi connectivity index (χ0n) is 21.8. The maximum atomic E-state index is 13.7. The lowest BCUT2D eigenvalue weighted by atomic mass is 9.98. The summed E-state index contributed by atoms with van der Waals surface area (Å²) in [5, 5.41) is 8.80. The Morgan fingerprint density at radius 1 is 1.15 bits per heavy atom. The highest BCUT2D eigenvalue weighted by Crippen LogP contribution is 2.34. The van der Waals surface area contributed by atoms with E-state index >= 15 is 0 Å². The first-order chi connectivity index (χ1) is 18.5. The number of benzene rings is 1. The Kier molecular flexibility index (Phi) is 6.87. The maximum Gasteiger partial charge on any atom is 0.451 e. The topological polar surface area (TPSA) is 86.8 Å². The number of amides is 1. The number of imidazole rings is 1. The number of ether oxygens (including phenoxy) is 2. The second kappa shape index (κ2) is 10.0. The maximum absolute atomic E-state index is 13.7. The average Bonchev–Trinajstić information content (AvgIpc) is 3.59. The van der Waals surface area contributed by atoms with Crippen molar-refractivity contribution < 1.29 is 27.4 Å². The standard InChI is InChI=1S/C26H27F3N6O3S/c1-25(2,3)15-38-21-16(6-5-7-18(21)37-4)8-9-17-20(35-12-13-39-24(35)30-17)22(36)33-10-11-34-19(14-33)31-32-23(34)26(27,28)29/h5-9,12-13H,10-11,14-15H2,1-4H3/b9-8+. The quantitative estimate of drug-likeness (QED) is 0.320. The number of hydrogen-bond donors (Lipinski definition) is 0. The van der Waals surface area contributed by atoms with E-state index in [1.165, 1.54) is 16.2 Å².